The molecule has 2 aromatic rings. The van der Waals surface area contributed by atoms with Gasteiger partial charge in [0.15, 0.2) is 6.29 Å². The Morgan fingerprint density at radius 1 is 1.21 bits per heavy atom. The molecule has 2 rings (SSSR count). The molecule has 0 aliphatic heterocycles. The molecule has 0 bridgehead atoms. The molecule has 0 spiro atoms. The number of benzene rings is 2. The summed E-state index contributed by atoms with van der Waals surface area (Å²) in [6, 6.07) is 9.88. The zero-order chi connectivity index (χ0) is 24.4. The summed E-state index contributed by atoms with van der Waals surface area (Å²) in [6.07, 6.45) is 4.50. The molecular weight excluding hydrogens is 441 g/mol. The summed E-state index contributed by atoms with van der Waals surface area (Å²) in [5, 5.41) is 3.48. The number of nitrogens with one attached hydrogen (secondary N) is 1. The van der Waals surface area contributed by atoms with Crippen molar-refractivity contribution in [1.82, 2.24) is 5.32 Å². The van der Waals surface area contributed by atoms with Crippen molar-refractivity contribution in [3.05, 3.63) is 59.8 Å². The lowest BCUT2D eigenvalue weighted by atomic mass is 10.0. The molecule has 33 heavy (non-hydrogen) atoms. The van der Waals surface area contributed by atoms with E-state index in [4.69, 9.17) is 19.9 Å². The lowest BCUT2D eigenvalue weighted by Crippen LogP contribution is -2.36. The van der Waals surface area contributed by atoms with Gasteiger partial charge in [-0.1, -0.05) is 6.92 Å². The van der Waals surface area contributed by atoms with E-state index in [1.807, 2.05) is 13.8 Å². The number of carbonyl (C=O) groups is 2. The number of carbonyl (C=O) groups excluding carboxylic acids is 2. The molecule has 0 aromatic heterocycles. The van der Waals surface area contributed by atoms with Gasteiger partial charge >= 0.3 is 0 Å². The third kappa shape index (κ3) is 7.70. The second kappa shape index (κ2) is 12.1. The van der Waals surface area contributed by atoms with E-state index in [2.05, 4.69) is 19.5 Å². The lowest BCUT2D eigenvalue weighted by molar-refractivity contribution is 0.00121. The average molecular weight is 471 g/mol. The summed E-state index contributed by atoms with van der Waals surface area (Å²) >= 11 is 0. The molecule has 0 heterocycles. The normalized spacial score (nSPS) is 13.4. The number of hydrogen-bond acceptors (Lipinski definition) is 6. The van der Waals surface area contributed by atoms with Crippen molar-refractivity contribution in [2.45, 2.75) is 25.9 Å². The first-order valence-corrected chi connectivity index (χ1v) is 10.9. The third-order valence-electron chi connectivity index (χ3n) is 4.76. The summed E-state index contributed by atoms with van der Waals surface area (Å²) in [4.78, 5) is 27.8. The lowest BCUT2D eigenvalue weighted by Gasteiger charge is -2.29. The summed E-state index contributed by atoms with van der Waals surface area (Å²) in [5.41, 5.74) is 5.98. The number of aliphatic imine (C=N–C) groups is 1. The SMILES string of the molecule is CCC(C)(COC)Oc1cc(Oc2ccc(C=O)c(P)c2)cc(C(=O)N=C(N)/C=C\NC)c1. The Bertz CT molecular complexity index is 1050. The van der Waals surface area contributed by atoms with Gasteiger partial charge in [-0.05, 0) is 61.3 Å². The van der Waals surface area contributed by atoms with Crippen LogP contribution in [0.4, 0.5) is 0 Å². The number of nitrogens with zero attached hydrogens (tertiary/aromatic N) is 1. The minimum atomic E-state index is -0.607. The molecule has 9 heteroatoms. The van der Waals surface area contributed by atoms with Crippen LogP contribution in [0.15, 0.2) is 53.7 Å². The molecule has 176 valence electrons. The van der Waals surface area contributed by atoms with Gasteiger partial charge in [-0.3, -0.25) is 9.59 Å². The Hall–Kier alpha value is -3.22. The first kappa shape index (κ1) is 26.0. The molecule has 0 saturated heterocycles. The minimum Gasteiger partial charge on any atom is -0.485 e. The Morgan fingerprint density at radius 2 is 1.94 bits per heavy atom. The molecule has 8 nitrogen and oxygen atoms in total. The second-order valence-corrected chi connectivity index (χ2v) is 8.13. The van der Waals surface area contributed by atoms with E-state index < -0.39 is 11.5 Å². The molecule has 0 aliphatic rings. The van der Waals surface area contributed by atoms with Crippen molar-refractivity contribution in [2.24, 2.45) is 10.7 Å². The van der Waals surface area contributed by atoms with Crippen molar-refractivity contribution in [3.8, 4) is 17.2 Å². The van der Waals surface area contributed by atoms with Crippen molar-refractivity contribution in [1.29, 1.82) is 0 Å². The Morgan fingerprint density at radius 3 is 2.55 bits per heavy atom. The summed E-state index contributed by atoms with van der Waals surface area (Å²) < 4.78 is 17.4. The molecule has 2 atom stereocenters. The van der Waals surface area contributed by atoms with E-state index in [0.29, 0.717) is 41.1 Å². The minimum absolute atomic E-state index is 0.0537. The van der Waals surface area contributed by atoms with Crippen molar-refractivity contribution in [3.63, 3.8) is 0 Å². The van der Waals surface area contributed by atoms with Gasteiger partial charge in [-0.25, -0.2) is 0 Å². The third-order valence-corrected chi connectivity index (χ3v) is 5.26. The van der Waals surface area contributed by atoms with E-state index >= 15 is 0 Å². The fourth-order valence-corrected chi connectivity index (χ4v) is 3.18. The molecule has 0 fully saturated rings. The van der Waals surface area contributed by atoms with Gasteiger partial charge in [-0.2, -0.15) is 4.99 Å². The van der Waals surface area contributed by atoms with Crippen LogP contribution in [0.1, 0.15) is 41.0 Å². The van der Waals surface area contributed by atoms with Crippen LogP contribution in [-0.2, 0) is 4.74 Å². The van der Waals surface area contributed by atoms with Crippen LogP contribution in [-0.4, -0.2) is 44.4 Å². The number of amidine groups is 1. The van der Waals surface area contributed by atoms with E-state index in [1.54, 1.807) is 56.8 Å². The number of nitrogens with two attached hydrogens (primary N) is 1. The summed E-state index contributed by atoms with van der Waals surface area (Å²) in [7, 11) is 5.81. The predicted molar refractivity (Wildman–Crippen MR) is 133 cm³/mol. The predicted octanol–water partition coefficient (Wildman–Crippen LogP) is 3.22. The van der Waals surface area contributed by atoms with Crippen molar-refractivity contribution >= 4 is 32.6 Å². The summed E-state index contributed by atoms with van der Waals surface area (Å²) in [5.74, 6) is 0.799. The van der Waals surface area contributed by atoms with Gasteiger partial charge in [-0.15, -0.1) is 9.24 Å². The number of ether oxygens (including phenoxy) is 3. The molecule has 0 radical (unpaired) electrons. The van der Waals surface area contributed by atoms with Gasteiger partial charge < -0.3 is 25.3 Å². The fourth-order valence-electron chi connectivity index (χ4n) is 2.85. The molecule has 0 saturated carbocycles. The Kier molecular flexibility index (Phi) is 9.57. The number of rotatable bonds is 11. The highest BCUT2D eigenvalue weighted by atomic mass is 31.0. The maximum atomic E-state index is 12.8. The van der Waals surface area contributed by atoms with E-state index in [-0.39, 0.29) is 11.4 Å². The van der Waals surface area contributed by atoms with Crippen LogP contribution >= 0.6 is 9.24 Å². The van der Waals surface area contributed by atoms with Crippen LogP contribution in [0.3, 0.4) is 0 Å². The standard InChI is InChI=1S/C24H30N3O5P/c1-5-24(2,15-30-4)32-20-11-17(23(29)27-22(25)8-9-26-3)10-19(12-20)31-18-7-6-16(14-28)21(33)13-18/h6-14,26H,5,15,33H2,1-4H3,(H2,25,27,29)/b9-8-. The second-order valence-electron chi connectivity index (χ2n) is 7.51. The molecule has 2 aromatic carbocycles. The first-order valence-electron chi connectivity index (χ1n) is 10.3. The van der Waals surface area contributed by atoms with Gasteiger partial charge in [0.1, 0.15) is 28.7 Å². The molecule has 2 unspecified atom stereocenters. The maximum Gasteiger partial charge on any atom is 0.279 e. The smallest absolute Gasteiger partial charge is 0.279 e. The van der Waals surface area contributed by atoms with Crippen LogP contribution < -0.4 is 25.8 Å². The monoisotopic (exact) mass is 471 g/mol. The molecule has 1 amide bonds. The Labute approximate surface area is 196 Å². The van der Waals surface area contributed by atoms with E-state index in [1.165, 1.54) is 6.08 Å². The largest absolute Gasteiger partial charge is 0.485 e. The highest BCUT2D eigenvalue weighted by Crippen LogP contribution is 2.31. The van der Waals surface area contributed by atoms with Gasteiger partial charge in [0.2, 0.25) is 0 Å². The molecule has 3 N–H and O–H groups in total. The molecule has 0 aliphatic carbocycles. The van der Waals surface area contributed by atoms with Crippen LogP contribution in [0, 0.1) is 0 Å². The van der Waals surface area contributed by atoms with E-state index in [0.717, 1.165) is 6.29 Å². The quantitative estimate of drug-likeness (QED) is 0.224. The number of aldehydes is 1. The fraction of sp³-hybridized carbons (Fsp3) is 0.292. The van der Waals surface area contributed by atoms with Crippen LogP contribution in [0.25, 0.3) is 0 Å². The Balaban J connectivity index is 2.46. The highest BCUT2D eigenvalue weighted by Gasteiger charge is 2.25. The molecular formula is C24H30N3O5P. The topological polar surface area (TPSA) is 112 Å². The van der Waals surface area contributed by atoms with Gasteiger partial charge in [0, 0.05) is 31.4 Å². The van der Waals surface area contributed by atoms with Crippen molar-refractivity contribution < 1.29 is 23.8 Å². The number of methoxy groups -OCH3 is 1. The van der Waals surface area contributed by atoms with Gasteiger partial charge in [0.05, 0.1) is 6.61 Å². The van der Waals surface area contributed by atoms with Crippen LogP contribution in [0.2, 0.25) is 0 Å². The van der Waals surface area contributed by atoms with Crippen molar-refractivity contribution in [2.75, 3.05) is 20.8 Å². The summed E-state index contributed by atoms with van der Waals surface area (Å²) in [6.45, 7) is 4.27. The number of hydrogen-bond donors (Lipinski definition) is 2. The zero-order valence-electron chi connectivity index (χ0n) is 19.3. The number of amides is 1. The zero-order valence-corrected chi connectivity index (χ0v) is 20.4. The van der Waals surface area contributed by atoms with E-state index in [9.17, 15) is 9.59 Å². The highest BCUT2D eigenvalue weighted by molar-refractivity contribution is 7.27. The average Bonchev–Trinajstić information content (AvgIpc) is 2.77. The maximum absolute atomic E-state index is 12.8. The van der Waals surface area contributed by atoms with Gasteiger partial charge in [0.25, 0.3) is 5.91 Å². The van der Waals surface area contributed by atoms with Crippen LogP contribution in [0.5, 0.6) is 17.2 Å². The first-order chi connectivity index (χ1) is 15.7.